The maximum absolute atomic E-state index is 13.4. The molecule has 0 fully saturated rings. The van der Waals surface area contributed by atoms with Gasteiger partial charge in [-0.15, -0.1) is 0 Å². The minimum atomic E-state index is -0.389. The van der Waals surface area contributed by atoms with Crippen LogP contribution in [0, 0.1) is 6.92 Å². The number of hydrogen-bond donors (Lipinski definition) is 3. The summed E-state index contributed by atoms with van der Waals surface area (Å²) in [5, 5.41) is 15.5. The molecule has 8 heteroatoms. The summed E-state index contributed by atoms with van der Waals surface area (Å²) < 4.78 is 6.05. The summed E-state index contributed by atoms with van der Waals surface area (Å²) in [6, 6.07) is 25.0. The molecule has 0 bridgehead atoms. The minimum Gasteiger partial charge on any atom is -0.508 e. The molecule has 0 aliphatic heterocycles. The predicted octanol–water partition coefficient (Wildman–Crippen LogP) is 5.25. The van der Waals surface area contributed by atoms with Crippen molar-refractivity contribution in [2.45, 2.75) is 26.2 Å². The lowest BCUT2D eigenvalue weighted by Crippen LogP contribution is -2.39. The number of anilines is 2. The van der Waals surface area contributed by atoms with E-state index in [9.17, 15) is 14.7 Å². The van der Waals surface area contributed by atoms with Crippen LogP contribution in [0.2, 0.25) is 0 Å². The zero-order valence-electron chi connectivity index (χ0n) is 20.3. The van der Waals surface area contributed by atoms with Gasteiger partial charge in [0.2, 0.25) is 0 Å². The first-order valence-corrected chi connectivity index (χ1v) is 12.0. The molecule has 1 aliphatic rings. The molecule has 5 rings (SSSR count). The molecular formula is C29H26N4O4. The van der Waals surface area contributed by atoms with Crippen LogP contribution in [0.25, 0.3) is 0 Å². The normalized spacial score (nSPS) is 13.6. The molecule has 1 aliphatic carbocycles. The average molecular weight is 495 g/mol. The van der Waals surface area contributed by atoms with Crippen molar-refractivity contribution in [2.75, 3.05) is 5.01 Å². The third-order valence-electron chi connectivity index (χ3n) is 6.20. The Kier molecular flexibility index (Phi) is 6.72. The number of nitrogens with zero attached hydrogens (tertiary/aromatic N) is 2. The predicted molar refractivity (Wildman–Crippen MR) is 141 cm³/mol. The zero-order valence-corrected chi connectivity index (χ0v) is 20.3. The molecule has 4 aromatic rings. The Bertz CT molecular complexity index is 1410. The number of furan rings is 1. The van der Waals surface area contributed by atoms with E-state index in [1.54, 1.807) is 5.01 Å². The summed E-state index contributed by atoms with van der Waals surface area (Å²) in [7, 11) is 0. The highest BCUT2D eigenvalue weighted by atomic mass is 16.4. The van der Waals surface area contributed by atoms with E-state index in [0.29, 0.717) is 35.4 Å². The number of rotatable bonds is 6. The Labute approximate surface area is 214 Å². The summed E-state index contributed by atoms with van der Waals surface area (Å²) in [6.07, 6.45) is 2.11. The zero-order chi connectivity index (χ0) is 25.8. The molecule has 0 spiro atoms. The molecule has 0 unspecified atom stereocenters. The first-order valence-electron chi connectivity index (χ1n) is 12.0. The number of phenolic OH excluding ortho intramolecular Hbond substituents is 1. The Balaban J connectivity index is 1.40. The van der Waals surface area contributed by atoms with Crippen LogP contribution in [0.5, 0.6) is 5.75 Å². The van der Waals surface area contributed by atoms with Crippen LogP contribution in [0.15, 0.2) is 94.4 Å². The van der Waals surface area contributed by atoms with Crippen LogP contribution in [-0.2, 0) is 6.42 Å². The highest BCUT2D eigenvalue weighted by Gasteiger charge is 2.29. The molecule has 186 valence electrons. The Hall–Kier alpha value is -4.85. The molecule has 0 radical (unpaired) electrons. The van der Waals surface area contributed by atoms with Gasteiger partial charge in [0.1, 0.15) is 11.5 Å². The maximum Gasteiger partial charge on any atom is 0.306 e. The average Bonchev–Trinajstić information content (AvgIpc) is 3.28. The summed E-state index contributed by atoms with van der Waals surface area (Å²) in [5.41, 5.74) is 9.64. The van der Waals surface area contributed by atoms with Gasteiger partial charge in [-0.25, -0.2) is 5.43 Å². The number of carbonyl (C=O) groups is 2. The third kappa shape index (κ3) is 5.08. The Morgan fingerprint density at radius 1 is 0.865 bits per heavy atom. The van der Waals surface area contributed by atoms with E-state index >= 15 is 0 Å². The van der Waals surface area contributed by atoms with Gasteiger partial charge in [-0.3, -0.25) is 20.0 Å². The monoisotopic (exact) mass is 494 g/mol. The second-order valence-corrected chi connectivity index (χ2v) is 8.70. The van der Waals surface area contributed by atoms with E-state index in [0.717, 1.165) is 23.4 Å². The molecule has 37 heavy (non-hydrogen) atoms. The fraction of sp³-hybridized carbons (Fsp3) is 0.138. The summed E-state index contributed by atoms with van der Waals surface area (Å²) in [5.74, 6) is 0.198. The van der Waals surface area contributed by atoms with E-state index in [1.807, 2.05) is 67.6 Å². The highest BCUT2D eigenvalue weighted by molar-refractivity contribution is 6.07. The summed E-state index contributed by atoms with van der Waals surface area (Å²) in [6.45, 7) is 1.83. The number of fused-ring (bicyclic) bond motifs is 1. The van der Waals surface area contributed by atoms with E-state index in [1.165, 1.54) is 24.3 Å². The highest BCUT2D eigenvalue weighted by Crippen LogP contribution is 2.31. The topological polar surface area (TPSA) is 107 Å². The van der Waals surface area contributed by atoms with E-state index < -0.39 is 0 Å². The van der Waals surface area contributed by atoms with Crippen LogP contribution in [-0.4, -0.2) is 22.6 Å². The van der Waals surface area contributed by atoms with Crippen molar-refractivity contribution in [2.24, 2.45) is 5.10 Å². The van der Waals surface area contributed by atoms with Crippen LogP contribution in [0.1, 0.15) is 50.6 Å². The van der Waals surface area contributed by atoms with Gasteiger partial charge in [0, 0.05) is 23.1 Å². The fourth-order valence-corrected chi connectivity index (χ4v) is 4.38. The van der Waals surface area contributed by atoms with Crippen LogP contribution >= 0.6 is 0 Å². The number of benzene rings is 3. The number of aromatic hydroxyl groups is 1. The molecule has 0 atom stereocenters. The van der Waals surface area contributed by atoms with Crippen molar-refractivity contribution in [3.05, 3.63) is 113 Å². The molecule has 8 nitrogen and oxygen atoms in total. The van der Waals surface area contributed by atoms with Gasteiger partial charge >= 0.3 is 5.91 Å². The fourth-order valence-electron chi connectivity index (χ4n) is 4.38. The molecule has 0 saturated heterocycles. The van der Waals surface area contributed by atoms with Crippen molar-refractivity contribution in [3.8, 4) is 5.75 Å². The van der Waals surface area contributed by atoms with Gasteiger partial charge in [-0.1, -0.05) is 36.4 Å². The number of carbonyl (C=O) groups excluding carboxylic acids is 2. The largest absolute Gasteiger partial charge is 0.508 e. The van der Waals surface area contributed by atoms with Crippen molar-refractivity contribution >= 4 is 28.9 Å². The quantitative estimate of drug-likeness (QED) is 0.318. The van der Waals surface area contributed by atoms with Crippen LogP contribution < -0.4 is 15.9 Å². The van der Waals surface area contributed by atoms with Gasteiger partial charge < -0.3 is 9.52 Å². The number of hydrogen-bond acceptors (Lipinski definition) is 6. The van der Waals surface area contributed by atoms with Gasteiger partial charge in [-0.05, 0) is 68.3 Å². The van der Waals surface area contributed by atoms with Crippen LogP contribution in [0.4, 0.5) is 11.4 Å². The molecule has 3 N–H and O–H groups in total. The third-order valence-corrected chi connectivity index (χ3v) is 6.20. The number of hydrazine groups is 1. The SMILES string of the molecule is Cc1c(C(=O)NN(c2ccccc2)c2ccccc2)oc2c1/C(=N/NC(=O)c1ccc(O)cc1)CCC2. The summed E-state index contributed by atoms with van der Waals surface area (Å²) >= 11 is 0. The lowest BCUT2D eigenvalue weighted by atomic mass is 9.93. The van der Waals surface area contributed by atoms with Crippen molar-refractivity contribution in [1.82, 2.24) is 10.9 Å². The van der Waals surface area contributed by atoms with Gasteiger partial charge in [0.15, 0.2) is 5.76 Å². The van der Waals surface area contributed by atoms with E-state index in [4.69, 9.17) is 4.42 Å². The Morgan fingerprint density at radius 2 is 1.49 bits per heavy atom. The number of nitrogens with one attached hydrogen (secondary N) is 2. The van der Waals surface area contributed by atoms with Crippen molar-refractivity contribution in [1.29, 1.82) is 0 Å². The second-order valence-electron chi connectivity index (χ2n) is 8.70. The van der Waals surface area contributed by atoms with Gasteiger partial charge in [0.25, 0.3) is 5.91 Å². The molecule has 2 amide bonds. The Morgan fingerprint density at radius 3 is 2.11 bits per heavy atom. The first-order chi connectivity index (χ1) is 18.0. The van der Waals surface area contributed by atoms with Crippen molar-refractivity contribution in [3.63, 3.8) is 0 Å². The van der Waals surface area contributed by atoms with Crippen LogP contribution in [0.3, 0.4) is 0 Å². The second kappa shape index (κ2) is 10.4. The van der Waals surface area contributed by atoms with Crippen molar-refractivity contribution < 1.29 is 19.1 Å². The number of hydrazone groups is 1. The molecule has 1 heterocycles. The molecule has 1 aromatic heterocycles. The van der Waals surface area contributed by atoms with E-state index in [2.05, 4.69) is 16.0 Å². The molecule has 3 aromatic carbocycles. The first kappa shape index (κ1) is 23.9. The standard InChI is InChI=1S/C29H26N4O4/c1-19-26-24(30-31-28(35)20-15-17-23(34)18-16-20)13-8-14-25(26)37-27(19)29(36)32-33(21-9-4-2-5-10-21)22-11-6-3-7-12-22/h2-7,9-12,15-18,34H,8,13-14H2,1H3,(H,31,35)(H,32,36)/b30-24+. The lowest BCUT2D eigenvalue weighted by molar-refractivity contribution is 0.0921. The van der Waals surface area contributed by atoms with Gasteiger partial charge in [-0.2, -0.15) is 5.10 Å². The smallest absolute Gasteiger partial charge is 0.306 e. The van der Waals surface area contributed by atoms with Gasteiger partial charge in [0.05, 0.1) is 17.1 Å². The minimum absolute atomic E-state index is 0.0812. The van der Waals surface area contributed by atoms with E-state index in [-0.39, 0.29) is 23.3 Å². The molecular weight excluding hydrogens is 468 g/mol. The number of phenols is 1. The number of aryl methyl sites for hydroxylation is 1. The number of para-hydroxylation sites is 2. The maximum atomic E-state index is 13.4. The summed E-state index contributed by atoms with van der Waals surface area (Å²) in [4.78, 5) is 26.0. The number of amides is 2. The molecule has 0 saturated carbocycles. The lowest BCUT2D eigenvalue weighted by Gasteiger charge is -2.25.